The van der Waals surface area contributed by atoms with E-state index in [0.717, 1.165) is 17.0 Å². The Bertz CT molecular complexity index is 1030. The van der Waals surface area contributed by atoms with Crippen LogP contribution >= 0.6 is 11.3 Å². The van der Waals surface area contributed by atoms with Crippen molar-refractivity contribution in [2.45, 2.75) is 13.3 Å². The molecule has 0 bridgehead atoms. The van der Waals surface area contributed by atoms with Crippen LogP contribution in [-0.2, 0) is 11.2 Å². The van der Waals surface area contributed by atoms with Gasteiger partial charge in [0.25, 0.3) is 0 Å². The number of Topliss-reactive ketones (excluding diaryl/α,β-unsaturated/α-hetero) is 1. The van der Waals surface area contributed by atoms with E-state index in [9.17, 15) is 9.59 Å². The summed E-state index contributed by atoms with van der Waals surface area (Å²) in [5.74, 6) is 0.157. The van der Waals surface area contributed by atoms with Gasteiger partial charge < -0.3 is 14.2 Å². The fourth-order valence-electron chi connectivity index (χ4n) is 2.74. The van der Waals surface area contributed by atoms with Crippen LogP contribution < -0.4 is 9.47 Å². The van der Waals surface area contributed by atoms with E-state index in [1.54, 1.807) is 23.6 Å². The van der Waals surface area contributed by atoms with Crippen LogP contribution in [0.5, 0.6) is 11.5 Å². The van der Waals surface area contributed by atoms with E-state index >= 15 is 0 Å². The van der Waals surface area contributed by atoms with Gasteiger partial charge in [0, 0.05) is 16.5 Å². The summed E-state index contributed by atoms with van der Waals surface area (Å²) in [6.45, 7) is 1.86. The van der Waals surface area contributed by atoms with Gasteiger partial charge in [0.05, 0.1) is 0 Å². The Balaban J connectivity index is 1.38. The lowest BCUT2D eigenvalue weighted by Gasteiger charge is -2.04. The molecule has 0 fully saturated rings. The Hall–Kier alpha value is -3.19. The molecule has 0 saturated carbocycles. The number of ether oxygens (including phenoxy) is 3. The van der Waals surface area contributed by atoms with Gasteiger partial charge in [-0.2, -0.15) is 0 Å². The number of benzene rings is 2. The number of hydrogen-bond donors (Lipinski definition) is 0. The van der Waals surface area contributed by atoms with Gasteiger partial charge in [-0.05, 0) is 30.2 Å². The largest absolute Gasteiger partial charge is 0.454 e. The van der Waals surface area contributed by atoms with Crippen LogP contribution in [0.25, 0.3) is 10.6 Å². The second kappa shape index (κ2) is 7.82. The Morgan fingerprint density at radius 1 is 1.11 bits per heavy atom. The van der Waals surface area contributed by atoms with E-state index in [1.807, 2.05) is 24.3 Å². The Morgan fingerprint density at radius 2 is 1.89 bits per heavy atom. The molecule has 2 heterocycles. The summed E-state index contributed by atoms with van der Waals surface area (Å²) in [6.07, 6.45) is 0.965. The predicted molar refractivity (Wildman–Crippen MR) is 104 cm³/mol. The molecule has 0 spiro atoms. The average molecular weight is 395 g/mol. The highest BCUT2D eigenvalue weighted by atomic mass is 32.1. The third-order valence-corrected chi connectivity index (χ3v) is 5.24. The highest BCUT2D eigenvalue weighted by Crippen LogP contribution is 2.32. The summed E-state index contributed by atoms with van der Waals surface area (Å²) in [5, 5.41) is 2.37. The van der Waals surface area contributed by atoms with E-state index < -0.39 is 5.97 Å². The highest BCUT2D eigenvalue weighted by Gasteiger charge is 2.19. The van der Waals surface area contributed by atoms with Crippen molar-refractivity contribution in [3.05, 3.63) is 64.7 Å². The molecule has 0 atom stereocenters. The first-order valence-electron chi connectivity index (χ1n) is 8.79. The number of ketones is 1. The molecule has 0 unspecified atom stereocenters. The van der Waals surface area contributed by atoms with Gasteiger partial charge >= 0.3 is 5.97 Å². The molecule has 1 aromatic heterocycles. The smallest absolute Gasteiger partial charge is 0.358 e. The van der Waals surface area contributed by atoms with Gasteiger partial charge in [0.15, 0.2) is 29.6 Å². The molecule has 6 nitrogen and oxygen atoms in total. The van der Waals surface area contributed by atoms with Crippen molar-refractivity contribution >= 4 is 23.1 Å². The maximum atomic E-state index is 12.3. The number of nitrogens with zero attached hydrogens (tertiary/aromatic N) is 1. The number of carbonyl (C=O) groups excluding carboxylic acids is 2. The fourth-order valence-corrected chi connectivity index (χ4v) is 3.54. The molecule has 7 heteroatoms. The van der Waals surface area contributed by atoms with Gasteiger partial charge in [0.1, 0.15) is 5.01 Å². The van der Waals surface area contributed by atoms with Crippen LogP contribution in [0.4, 0.5) is 0 Å². The van der Waals surface area contributed by atoms with Gasteiger partial charge in [-0.15, -0.1) is 11.3 Å². The number of fused-ring (bicyclic) bond motifs is 1. The molecule has 28 heavy (non-hydrogen) atoms. The lowest BCUT2D eigenvalue weighted by atomic mass is 10.1. The summed E-state index contributed by atoms with van der Waals surface area (Å²) in [7, 11) is 0. The first kappa shape index (κ1) is 18.2. The molecule has 0 aliphatic carbocycles. The van der Waals surface area contributed by atoms with Crippen molar-refractivity contribution in [1.29, 1.82) is 0 Å². The molecule has 1 aliphatic rings. The van der Waals surface area contributed by atoms with Gasteiger partial charge in [-0.25, -0.2) is 9.78 Å². The van der Waals surface area contributed by atoms with Crippen molar-refractivity contribution in [1.82, 2.24) is 4.98 Å². The molecule has 2 aromatic carbocycles. The molecular formula is C21H17NO5S. The Kier molecular flexibility index (Phi) is 5.08. The van der Waals surface area contributed by atoms with E-state index in [4.69, 9.17) is 14.2 Å². The van der Waals surface area contributed by atoms with Crippen molar-refractivity contribution < 1.29 is 23.8 Å². The number of rotatable bonds is 6. The standard InChI is InChI=1S/C21H17NO5S/c1-2-13-3-5-14(6-4-13)20-22-16(11-28-20)21(24)25-10-17(23)15-7-8-18-19(9-15)27-12-26-18/h3-9,11H,2,10,12H2,1H3. The number of aromatic nitrogens is 1. The molecule has 0 saturated heterocycles. The molecule has 0 N–H and O–H groups in total. The molecule has 1 aliphatic heterocycles. The van der Waals surface area contributed by atoms with Crippen molar-refractivity contribution in [2.75, 3.05) is 13.4 Å². The molecule has 142 valence electrons. The molecular weight excluding hydrogens is 378 g/mol. The normalized spacial score (nSPS) is 12.0. The van der Waals surface area contributed by atoms with Crippen LogP contribution in [0.15, 0.2) is 47.8 Å². The zero-order valence-electron chi connectivity index (χ0n) is 15.1. The topological polar surface area (TPSA) is 74.7 Å². The van der Waals surface area contributed by atoms with Crippen LogP contribution in [-0.4, -0.2) is 30.1 Å². The maximum absolute atomic E-state index is 12.3. The van der Waals surface area contributed by atoms with Crippen molar-refractivity contribution in [3.63, 3.8) is 0 Å². The quantitative estimate of drug-likeness (QED) is 0.461. The number of thiazole rings is 1. The molecule has 0 amide bonds. The lowest BCUT2D eigenvalue weighted by Crippen LogP contribution is -2.14. The first-order valence-corrected chi connectivity index (χ1v) is 9.67. The van der Waals surface area contributed by atoms with E-state index in [-0.39, 0.29) is 24.9 Å². The SMILES string of the molecule is CCc1ccc(-c2nc(C(=O)OCC(=O)c3ccc4c(c3)OCO4)cs2)cc1. The van der Waals surface area contributed by atoms with Crippen LogP contribution in [0.2, 0.25) is 0 Å². The second-order valence-electron chi connectivity index (χ2n) is 6.16. The van der Waals surface area contributed by atoms with Gasteiger partial charge in [-0.3, -0.25) is 4.79 Å². The van der Waals surface area contributed by atoms with Gasteiger partial charge in [0.2, 0.25) is 6.79 Å². The third-order valence-electron chi connectivity index (χ3n) is 4.35. The average Bonchev–Trinajstić information content (AvgIpc) is 3.40. The first-order chi connectivity index (χ1) is 13.6. The van der Waals surface area contributed by atoms with Crippen LogP contribution in [0.3, 0.4) is 0 Å². The fraction of sp³-hybridized carbons (Fsp3) is 0.190. The minimum Gasteiger partial charge on any atom is -0.454 e. The minimum absolute atomic E-state index is 0.134. The summed E-state index contributed by atoms with van der Waals surface area (Å²) >= 11 is 1.36. The number of esters is 1. The zero-order valence-corrected chi connectivity index (χ0v) is 16.0. The van der Waals surface area contributed by atoms with Crippen molar-refractivity contribution in [2.24, 2.45) is 0 Å². The zero-order chi connectivity index (χ0) is 19.5. The minimum atomic E-state index is -0.623. The molecule has 4 rings (SSSR count). The molecule has 0 radical (unpaired) electrons. The Morgan fingerprint density at radius 3 is 2.68 bits per heavy atom. The predicted octanol–water partition coefficient (Wildman–Crippen LogP) is 4.14. The lowest BCUT2D eigenvalue weighted by molar-refractivity contribution is 0.0470. The van der Waals surface area contributed by atoms with Crippen LogP contribution in [0, 0.1) is 0 Å². The number of aryl methyl sites for hydroxylation is 1. The van der Waals surface area contributed by atoms with E-state index in [1.165, 1.54) is 16.9 Å². The van der Waals surface area contributed by atoms with Gasteiger partial charge in [-0.1, -0.05) is 31.2 Å². The summed E-state index contributed by atoms with van der Waals surface area (Å²) in [6, 6.07) is 12.9. The number of hydrogen-bond acceptors (Lipinski definition) is 7. The summed E-state index contributed by atoms with van der Waals surface area (Å²) in [4.78, 5) is 28.8. The van der Waals surface area contributed by atoms with E-state index in [0.29, 0.717) is 17.1 Å². The third kappa shape index (κ3) is 3.75. The Labute approximate surface area is 165 Å². The number of carbonyl (C=O) groups is 2. The monoisotopic (exact) mass is 395 g/mol. The highest BCUT2D eigenvalue weighted by molar-refractivity contribution is 7.13. The summed E-state index contributed by atoms with van der Waals surface area (Å²) < 4.78 is 15.6. The maximum Gasteiger partial charge on any atom is 0.358 e. The molecule has 3 aromatic rings. The van der Waals surface area contributed by atoms with Crippen molar-refractivity contribution in [3.8, 4) is 22.1 Å². The summed E-state index contributed by atoms with van der Waals surface area (Å²) in [5.41, 5.74) is 2.77. The van der Waals surface area contributed by atoms with Crippen LogP contribution in [0.1, 0.15) is 33.3 Å². The van der Waals surface area contributed by atoms with E-state index in [2.05, 4.69) is 11.9 Å². The second-order valence-corrected chi connectivity index (χ2v) is 7.01.